The lowest BCUT2D eigenvalue weighted by Gasteiger charge is -2.07. The van der Waals surface area contributed by atoms with Crippen LogP contribution >= 0.6 is 31.9 Å². The molecule has 0 aliphatic rings. The second-order valence-electron chi connectivity index (χ2n) is 3.48. The van der Waals surface area contributed by atoms with Gasteiger partial charge in [0.2, 0.25) is 5.91 Å². The van der Waals surface area contributed by atoms with E-state index in [2.05, 4.69) is 42.5 Å². The molecular formula is C11H10Br2N2O4. The van der Waals surface area contributed by atoms with Gasteiger partial charge >= 0.3 is 5.97 Å². The predicted octanol–water partition coefficient (Wildman–Crippen LogP) is 1.14. The topological polar surface area (TPSA) is 95.5 Å². The molecule has 8 heteroatoms. The smallest absolute Gasteiger partial charge is 0.322 e. The second-order valence-corrected chi connectivity index (χ2v) is 5.25. The zero-order valence-electron chi connectivity index (χ0n) is 9.57. The Hall–Kier alpha value is -1.41. The van der Waals surface area contributed by atoms with E-state index in [-0.39, 0.29) is 6.54 Å². The van der Waals surface area contributed by atoms with Crippen LogP contribution in [0.15, 0.2) is 27.1 Å². The van der Waals surface area contributed by atoms with Crippen molar-refractivity contribution in [3.8, 4) is 0 Å². The Balaban J connectivity index is 2.51. The summed E-state index contributed by atoms with van der Waals surface area (Å²) in [6.07, 6.45) is 0. The monoisotopic (exact) mass is 392 g/mol. The van der Waals surface area contributed by atoms with E-state index in [0.29, 0.717) is 10.0 Å². The molecule has 0 aromatic heterocycles. The molecule has 3 N–H and O–H groups in total. The highest BCUT2D eigenvalue weighted by atomic mass is 79.9. The van der Waals surface area contributed by atoms with Crippen LogP contribution in [0.4, 0.5) is 0 Å². The Labute approximate surface area is 125 Å². The van der Waals surface area contributed by atoms with Gasteiger partial charge in [0.1, 0.15) is 6.54 Å². The van der Waals surface area contributed by atoms with E-state index < -0.39 is 24.3 Å². The second kappa shape index (κ2) is 7.25. The number of carboxylic acids is 1. The summed E-state index contributed by atoms with van der Waals surface area (Å²) in [6, 6.07) is 5.00. The normalized spacial score (nSPS) is 9.79. The molecular weight excluding hydrogens is 384 g/mol. The van der Waals surface area contributed by atoms with Gasteiger partial charge in [-0.25, -0.2) is 0 Å². The van der Waals surface area contributed by atoms with Crippen LogP contribution < -0.4 is 10.6 Å². The van der Waals surface area contributed by atoms with Crippen LogP contribution in [0.5, 0.6) is 0 Å². The van der Waals surface area contributed by atoms with Gasteiger partial charge in [-0.2, -0.15) is 0 Å². The van der Waals surface area contributed by atoms with Crippen LogP contribution in [-0.2, 0) is 9.59 Å². The maximum atomic E-state index is 11.8. The van der Waals surface area contributed by atoms with Crippen molar-refractivity contribution in [3.63, 3.8) is 0 Å². The fourth-order valence-electron chi connectivity index (χ4n) is 1.17. The molecule has 6 nitrogen and oxygen atoms in total. The Bertz CT molecular complexity index is 519. The molecule has 0 spiro atoms. The van der Waals surface area contributed by atoms with E-state index in [1.807, 2.05) is 0 Å². The van der Waals surface area contributed by atoms with Crippen LogP contribution in [0.25, 0.3) is 0 Å². The molecule has 0 fully saturated rings. The van der Waals surface area contributed by atoms with Crippen molar-refractivity contribution in [1.82, 2.24) is 10.6 Å². The van der Waals surface area contributed by atoms with Gasteiger partial charge in [-0.1, -0.05) is 15.9 Å². The number of benzene rings is 1. The van der Waals surface area contributed by atoms with Gasteiger partial charge in [0.25, 0.3) is 5.91 Å². The minimum Gasteiger partial charge on any atom is -0.480 e. The largest absolute Gasteiger partial charge is 0.480 e. The molecule has 0 aliphatic heterocycles. The van der Waals surface area contributed by atoms with Crippen molar-refractivity contribution in [1.29, 1.82) is 0 Å². The third-order valence-electron chi connectivity index (χ3n) is 2.02. The van der Waals surface area contributed by atoms with Crippen LogP contribution in [0, 0.1) is 0 Å². The lowest BCUT2D eigenvalue weighted by Crippen LogP contribution is -2.39. The maximum Gasteiger partial charge on any atom is 0.322 e. The fourth-order valence-corrected chi connectivity index (χ4v) is 2.39. The Morgan fingerprint density at radius 2 is 1.79 bits per heavy atom. The van der Waals surface area contributed by atoms with Crippen molar-refractivity contribution >= 4 is 49.6 Å². The minimum absolute atomic E-state index is 0.283. The lowest BCUT2D eigenvalue weighted by atomic mass is 10.2. The van der Waals surface area contributed by atoms with Gasteiger partial charge < -0.3 is 15.7 Å². The summed E-state index contributed by atoms with van der Waals surface area (Å²) in [4.78, 5) is 33.2. The maximum absolute atomic E-state index is 11.8. The zero-order chi connectivity index (χ0) is 14.4. The Morgan fingerprint density at radius 3 is 2.37 bits per heavy atom. The first-order chi connectivity index (χ1) is 8.90. The molecule has 0 atom stereocenters. The summed E-state index contributed by atoms with van der Waals surface area (Å²) in [5.41, 5.74) is 0.384. The molecule has 1 aromatic carbocycles. The first kappa shape index (κ1) is 15.6. The van der Waals surface area contributed by atoms with Crippen molar-refractivity contribution in [2.45, 2.75) is 0 Å². The van der Waals surface area contributed by atoms with Gasteiger partial charge in [0.05, 0.1) is 12.1 Å². The summed E-state index contributed by atoms with van der Waals surface area (Å²) in [5.74, 6) is -2.14. The fraction of sp³-hybridized carbons (Fsp3) is 0.182. The number of rotatable bonds is 5. The number of carbonyl (C=O) groups excluding carboxylic acids is 2. The zero-order valence-corrected chi connectivity index (χ0v) is 12.7. The number of hydrogen-bond donors (Lipinski definition) is 3. The standard InChI is InChI=1S/C11H10Br2N2O4/c12-6-1-2-7(8(13)3-6)11(19)15-4-9(16)14-5-10(17)18/h1-3H,4-5H2,(H,14,16)(H,15,19)(H,17,18). The highest BCUT2D eigenvalue weighted by molar-refractivity contribution is 9.11. The molecule has 0 bridgehead atoms. The Morgan fingerprint density at radius 1 is 1.11 bits per heavy atom. The number of halogens is 2. The number of amides is 2. The molecule has 2 amide bonds. The number of aliphatic carboxylic acids is 1. The molecule has 0 aliphatic carbocycles. The summed E-state index contributed by atoms with van der Waals surface area (Å²) in [7, 11) is 0. The van der Waals surface area contributed by atoms with E-state index in [9.17, 15) is 14.4 Å². The molecule has 0 saturated heterocycles. The highest BCUT2D eigenvalue weighted by Crippen LogP contribution is 2.21. The number of nitrogens with one attached hydrogen (secondary N) is 2. The van der Waals surface area contributed by atoms with Crippen LogP contribution in [0.2, 0.25) is 0 Å². The summed E-state index contributed by atoms with van der Waals surface area (Å²) < 4.78 is 1.40. The minimum atomic E-state index is -1.14. The van der Waals surface area contributed by atoms with E-state index in [0.717, 1.165) is 4.47 Å². The summed E-state index contributed by atoms with van der Waals surface area (Å²) >= 11 is 6.50. The third kappa shape index (κ3) is 5.39. The summed E-state index contributed by atoms with van der Waals surface area (Å²) in [5, 5.41) is 12.9. The SMILES string of the molecule is O=C(O)CNC(=O)CNC(=O)c1ccc(Br)cc1Br. The predicted molar refractivity (Wildman–Crippen MR) is 74.8 cm³/mol. The first-order valence-corrected chi connectivity index (χ1v) is 6.70. The van der Waals surface area contributed by atoms with Gasteiger partial charge in [0.15, 0.2) is 0 Å². The molecule has 0 radical (unpaired) electrons. The quantitative estimate of drug-likeness (QED) is 0.699. The van der Waals surface area contributed by atoms with Crippen molar-refractivity contribution < 1.29 is 19.5 Å². The van der Waals surface area contributed by atoms with Crippen molar-refractivity contribution in [2.24, 2.45) is 0 Å². The Kier molecular flexibility index (Phi) is 5.97. The number of carboxylic acid groups (broad SMARTS) is 1. The van der Waals surface area contributed by atoms with E-state index in [1.165, 1.54) is 0 Å². The van der Waals surface area contributed by atoms with E-state index in [1.54, 1.807) is 18.2 Å². The number of hydrogen-bond acceptors (Lipinski definition) is 3. The average molecular weight is 394 g/mol. The third-order valence-corrected chi connectivity index (χ3v) is 3.17. The molecule has 0 saturated carbocycles. The highest BCUT2D eigenvalue weighted by Gasteiger charge is 2.11. The van der Waals surface area contributed by atoms with Crippen molar-refractivity contribution in [3.05, 3.63) is 32.7 Å². The van der Waals surface area contributed by atoms with Gasteiger partial charge in [-0.15, -0.1) is 0 Å². The van der Waals surface area contributed by atoms with Crippen LogP contribution in [-0.4, -0.2) is 36.0 Å². The van der Waals surface area contributed by atoms with Crippen LogP contribution in [0.3, 0.4) is 0 Å². The van der Waals surface area contributed by atoms with Gasteiger partial charge in [-0.05, 0) is 34.1 Å². The average Bonchev–Trinajstić information content (AvgIpc) is 2.33. The molecule has 0 heterocycles. The van der Waals surface area contributed by atoms with Gasteiger partial charge in [0, 0.05) is 8.95 Å². The molecule has 0 unspecified atom stereocenters. The van der Waals surface area contributed by atoms with Gasteiger partial charge in [-0.3, -0.25) is 14.4 Å². The molecule has 1 rings (SSSR count). The van der Waals surface area contributed by atoms with Crippen molar-refractivity contribution in [2.75, 3.05) is 13.1 Å². The lowest BCUT2D eigenvalue weighted by molar-refractivity contribution is -0.137. The molecule has 102 valence electrons. The first-order valence-electron chi connectivity index (χ1n) is 5.12. The summed E-state index contributed by atoms with van der Waals surface area (Å²) in [6.45, 7) is -0.759. The van der Waals surface area contributed by atoms with Crippen LogP contribution in [0.1, 0.15) is 10.4 Å². The number of carbonyl (C=O) groups is 3. The van der Waals surface area contributed by atoms with E-state index in [4.69, 9.17) is 5.11 Å². The molecule has 19 heavy (non-hydrogen) atoms. The molecule has 1 aromatic rings. The van der Waals surface area contributed by atoms with E-state index >= 15 is 0 Å².